The number of carbonyl (C=O) groups is 1. The second-order valence-electron chi connectivity index (χ2n) is 7.47. The summed E-state index contributed by atoms with van der Waals surface area (Å²) in [6, 6.07) is 12.1. The number of hydrogen-bond donors (Lipinski definition) is 2. The van der Waals surface area contributed by atoms with Crippen LogP contribution in [0.1, 0.15) is 38.4 Å². The zero-order valence-electron chi connectivity index (χ0n) is 15.3. The lowest BCUT2D eigenvalue weighted by atomic mass is 9.96. The Balaban J connectivity index is 1.69. The van der Waals surface area contributed by atoms with E-state index in [0.717, 1.165) is 27.7 Å². The summed E-state index contributed by atoms with van der Waals surface area (Å²) in [6.45, 7) is 5.82. The largest absolute Gasteiger partial charge is 0.450 e. The van der Waals surface area contributed by atoms with Crippen LogP contribution in [0.25, 0.3) is 11.0 Å². The first-order valence-corrected chi connectivity index (χ1v) is 8.93. The monoisotopic (exact) mass is 349 g/mol. The summed E-state index contributed by atoms with van der Waals surface area (Å²) in [6.07, 6.45) is 1.26. The first-order chi connectivity index (χ1) is 12.4. The Kier molecular flexibility index (Phi) is 3.88. The number of rotatable bonds is 3. The number of hydrogen-bond acceptors (Lipinski definition) is 3. The third-order valence-corrected chi connectivity index (χ3v) is 5.55. The van der Waals surface area contributed by atoms with E-state index < -0.39 is 5.54 Å². The molecule has 4 rings (SSSR count). The van der Waals surface area contributed by atoms with E-state index in [1.807, 2.05) is 45.0 Å². The first kappa shape index (κ1) is 16.9. The van der Waals surface area contributed by atoms with Crippen LogP contribution in [-0.4, -0.2) is 23.2 Å². The molecule has 0 unspecified atom stereocenters. The molecule has 1 aliphatic rings. The van der Waals surface area contributed by atoms with Gasteiger partial charge in [0.05, 0.1) is 12.1 Å². The number of furan rings is 1. The molecule has 1 heterocycles. The van der Waals surface area contributed by atoms with Gasteiger partial charge in [0.1, 0.15) is 5.58 Å². The Morgan fingerprint density at radius 3 is 2.27 bits per heavy atom. The van der Waals surface area contributed by atoms with Crippen LogP contribution in [-0.2, 0) is 12.8 Å². The molecule has 1 amide bonds. The molecule has 1 aliphatic carbocycles. The van der Waals surface area contributed by atoms with Gasteiger partial charge < -0.3 is 14.8 Å². The topological polar surface area (TPSA) is 62.5 Å². The molecule has 2 N–H and O–H groups in total. The van der Waals surface area contributed by atoms with Gasteiger partial charge in [0.25, 0.3) is 5.91 Å². The van der Waals surface area contributed by atoms with Crippen LogP contribution in [0.5, 0.6) is 0 Å². The Bertz CT molecular complexity index is 991. The molecule has 4 heteroatoms. The molecule has 26 heavy (non-hydrogen) atoms. The van der Waals surface area contributed by atoms with Crippen LogP contribution in [0.15, 0.2) is 40.8 Å². The second-order valence-corrected chi connectivity index (χ2v) is 7.47. The van der Waals surface area contributed by atoms with Gasteiger partial charge >= 0.3 is 0 Å². The van der Waals surface area contributed by atoms with Crippen molar-refractivity contribution in [2.45, 2.75) is 39.2 Å². The van der Waals surface area contributed by atoms with Crippen LogP contribution < -0.4 is 5.32 Å². The Morgan fingerprint density at radius 2 is 1.69 bits per heavy atom. The van der Waals surface area contributed by atoms with Crippen LogP contribution in [0, 0.1) is 20.8 Å². The number of fused-ring (bicyclic) bond motifs is 2. The average Bonchev–Trinajstić information content (AvgIpc) is 3.17. The highest BCUT2D eigenvalue weighted by Crippen LogP contribution is 2.33. The van der Waals surface area contributed by atoms with Crippen LogP contribution in [0.3, 0.4) is 0 Å². The molecule has 0 aliphatic heterocycles. The van der Waals surface area contributed by atoms with Gasteiger partial charge in [-0.05, 0) is 55.9 Å². The van der Waals surface area contributed by atoms with Gasteiger partial charge in [-0.3, -0.25) is 4.79 Å². The molecular weight excluding hydrogens is 326 g/mol. The third kappa shape index (κ3) is 2.53. The lowest BCUT2D eigenvalue weighted by molar-refractivity contribution is 0.0816. The zero-order chi connectivity index (χ0) is 18.5. The number of aryl methyl sites for hydroxylation is 3. The molecule has 134 valence electrons. The SMILES string of the molecule is Cc1ccc(C)c2c(C)c(C(=O)NC3(CO)Cc4ccccc4C3)oc12. The molecule has 0 atom stereocenters. The summed E-state index contributed by atoms with van der Waals surface area (Å²) in [5.41, 5.74) is 5.40. The standard InChI is InChI=1S/C22H23NO3/c1-13-8-9-14(2)19-18(13)15(3)20(26-19)21(25)23-22(12-24)10-16-6-4-5-7-17(16)11-22/h4-9,24H,10-12H2,1-3H3,(H,23,25). The Hall–Kier alpha value is -2.59. The molecule has 0 radical (unpaired) electrons. The van der Waals surface area contributed by atoms with Crippen molar-refractivity contribution < 1.29 is 14.3 Å². The third-order valence-electron chi connectivity index (χ3n) is 5.55. The molecule has 2 aromatic carbocycles. The number of amides is 1. The smallest absolute Gasteiger partial charge is 0.287 e. The molecule has 0 saturated heterocycles. The zero-order valence-corrected chi connectivity index (χ0v) is 15.3. The molecule has 0 bridgehead atoms. The minimum atomic E-state index is -0.670. The molecule has 0 fully saturated rings. The number of nitrogens with one attached hydrogen (secondary N) is 1. The number of aliphatic hydroxyl groups is 1. The second kappa shape index (κ2) is 5.99. The van der Waals surface area contributed by atoms with Gasteiger partial charge in [-0.15, -0.1) is 0 Å². The van der Waals surface area contributed by atoms with Crippen LogP contribution in [0.2, 0.25) is 0 Å². The summed E-state index contributed by atoms with van der Waals surface area (Å²) < 4.78 is 5.96. The van der Waals surface area contributed by atoms with E-state index in [9.17, 15) is 9.90 Å². The predicted molar refractivity (Wildman–Crippen MR) is 102 cm³/mol. The van der Waals surface area contributed by atoms with E-state index in [0.29, 0.717) is 18.6 Å². The molecular formula is C22H23NO3. The molecule has 0 spiro atoms. The van der Waals surface area contributed by atoms with Crippen molar-refractivity contribution in [3.05, 3.63) is 70.0 Å². The fraction of sp³-hybridized carbons (Fsp3) is 0.318. The van der Waals surface area contributed by atoms with Gasteiger partial charge in [-0.2, -0.15) is 0 Å². The lowest BCUT2D eigenvalue weighted by Crippen LogP contribution is -2.52. The number of carbonyl (C=O) groups excluding carboxylic acids is 1. The van der Waals surface area contributed by atoms with Gasteiger partial charge in [0.2, 0.25) is 0 Å². The van der Waals surface area contributed by atoms with Gasteiger partial charge in [-0.1, -0.05) is 36.4 Å². The minimum absolute atomic E-state index is 0.106. The summed E-state index contributed by atoms with van der Waals surface area (Å²) in [5, 5.41) is 14.1. The fourth-order valence-corrected chi connectivity index (χ4v) is 4.12. The average molecular weight is 349 g/mol. The highest BCUT2D eigenvalue weighted by molar-refractivity contribution is 6.00. The normalized spacial score (nSPS) is 15.2. The van der Waals surface area contributed by atoms with Gasteiger partial charge in [0.15, 0.2) is 5.76 Å². The van der Waals surface area contributed by atoms with E-state index in [1.165, 1.54) is 11.1 Å². The summed E-state index contributed by atoms with van der Waals surface area (Å²) in [4.78, 5) is 13.0. The van der Waals surface area contributed by atoms with E-state index in [4.69, 9.17) is 4.42 Å². The number of aliphatic hydroxyl groups excluding tert-OH is 1. The molecule has 0 saturated carbocycles. The molecule has 4 nitrogen and oxygen atoms in total. The Morgan fingerprint density at radius 1 is 1.08 bits per heavy atom. The summed E-state index contributed by atoms with van der Waals surface area (Å²) >= 11 is 0. The van der Waals surface area contributed by atoms with Crippen molar-refractivity contribution in [2.75, 3.05) is 6.61 Å². The molecule has 3 aromatic rings. The van der Waals surface area contributed by atoms with Crippen LogP contribution in [0.4, 0.5) is 0 Å². The maximum atomic E-state index is 13.0. The first-order valence-electron chi connectivity index (χ1n) is 8.93. The number of benzene rings is 2. The quantitative estimate of drug-likeness (QED) is 0.759. The minimum Gasteiger partial charge on any atom is -0.450 e. The van der Waals surface area contributed by atoms with Gasteiger partial charge in [-0.25, -0.2) is 0 Å². The molecule has 1 aromatic heterocycles. The summed E-state index contributed by atoms with van der Waals surface area (Å²) in [5.74, 6) is 0.0699. The van der Waals surface area contributed by atoms with Crippen molar-refractivity contribution in [3.8, 4) is 0 Å². The van der Waals surface area contributed by atoms with Crippen molar-refractivity contribution in [1.29, 1.82) is 0 Å². The van der Waals surface area contributed by atoms with Gasteiger partial charge in [0, 0.05) is 10.9 Å². The fourth-order valence-electron chi connectivity index (χ4n) is 4.12. The van der Waals surface area contributed by atoms with E-state index in [-0.39, 0.29) is 12.5 Å². The maximum absolute atomic E-state index is 13.0. The lowest BCUT2D eigenvalue weighted by Gasteiger charge is -2.27. The summed E-state index contributed by atoms with van der Waals surface area (Å²) in [7, 11) is 0. The highest BCUT2D eigenvalue weighted by Gasteiger charge is 2.39. The van der Waals surface area contributed by atoms with Crippen molar-refractivity contribution in [1.82, 2.24) is 5.32 Å². The maximum Gasteiger partial charge on any atom is 0.287 e. The Labute approximate surface area is 152 Å². The van der Waals surface area contributed by atoms with E-state index in [1.54, 1.807) is 0 Å². The predicted octanol–water partition coefficient (Wildman–Crippen LogP) is 3.62. The highest BCUT2D eigenvalue weighted by atomic mass is 16.3. The van der Waals surface area contributed by atoms with E-state index >= 15 is 0 Å². The van der Waals surface area contributed by atoms with Crippen LogP contribution >= 0.6 is 0 Å². The van der Waals surface area contributed by atoms with Crippen molar-refractivity contribution in [3.63, 3.8) is 0 Å². The van der Waals surface area contributed by atoms with Crippen molar-refractivity contribution >= 4 is 16.9 Å². The van der Waals surface area contributed by atoms with E-state index in [2.05, 4.69) is 17.4 Å². The van der Waals surface area contributed by atoms with Crippen molar-refractivity contribution in [2.24, 2.45) is 0 Å².